The molecule has 4 nitrogen and oxygen atoms in total. The largest absolute Gasteiger partial charge is 0.403 e. The van der Waals surface area contributed by atoms with Crippen molar-refractivity contribution in [2.75, 3.05) is 0 Å². The number of halogens is 1. The third kappa shape index (κ3) is 3.52. The summed E-state index contributed by atoms with van der Waals surface area (Å²) < 4.78 is 3.81. The van der Waals surface area contributed by atoms with Crippen LogP contribution in [0.25, 0.3) is 10.9 Å². The molecule has 2 rings (SSSR count). The first-order valence-electron chi connectivity index (χ1n) is 5.87. The fourth-order valence-electron chi connectivity index (χ4n) is 1.84. The predicted molar refractivity (Wildman–Crippen MR) is 85.6 cm³/mol. The fourth-order valence-corrected chi connectivity index (χ4v) is 2.67. The molecule has 0 aliphatic heterocycles. The summed E-state index contributed by atoms with van der Waals surface area (Å²) >= 11 is 6.78. The van der Waals surface area contributed by atoms with E-state index in [-0.39, 0.29) is 0 Å². The summed E-state index contributed by atoms with van der Waals surface area (Å²) in [6.07, 6.45) is 0.293. The van der Waals surface area contributed by atoms with E-state index in [9.17, 15) is 0 Å². The molecule has 2 N–H and O–H groups in total. The summed E-state index contributed by atoms with van der Waals surface area (Å²) in [6, 6.07) is 11.9. The lowest BCUT2D eigenvalue weighted by atomic mass is 10.1. The predicted octanol–water partition coefficient (Wildman–Crippen LogP) is 2.18. The zero-order valence-electron chi connectivity index (χ0n) is 10.6. The maximum Gasteiger partial charge on any atom is 0.403 e. The molecule has 1 aromatic heterocycles. The van der Waals surface area contributed by atoms with Crippen molar-refractivity contribution in [1.29, 1.82) is 5.26 Å². The zero-order valence-corrected chi connectivity index (χ0v) is 12.2. The summed E-state index contributed by atoms with van der Waals surface area (Å²) in [5.74, 6) is 0.654. The Hall–Kier alpha value is -1.99. The van der Waals surface area contributed by atoms with Crippen LogP contribution in [0.3, 0.4) is 0 Å². The van der Waals surface area contributed by atoms with Crippen LogP contribution in [-0.2, 0) is 12.2 Å². The van der Waals surface area contributed by atoms with Gasteiger partial charge in [-0.05, 0) is 41.1 Å². The molecule has 20 heavy (non-hydrogen) atoms. The molecule has 0 aliphatic rings. The SMILES string of the molecule is N#CCc1cc(CSC(N)=[N+]=CCl)c2ccccc2n1. The van der Waals surface area contributed by atoms with E-state index in [1.54, 1.807) is 0 Å². The van der Waals surface area contributed by atoms with Crippen molar-refractivity contribution in [3.8, 4) is 6.07 Å². The van der Waals surface area contributed by atoms with Crippen LogP contribution in [0.4, 0.5) is 0 Å². The molecule has 0 unspecified atom stereocenters. The minimum atomic E-state index is 0.293. The zero-order chi connectivity index (χ0) is 14.4. The summed E-state index contributed by atoms with van der Waals surface area (Å²) in [6.45, 7) is 0. The minimum absolute atomic E-state index is 0.293. The number of pyridine rings is 1. The first-order valence-corrected chi connectivity index (χ1v) is 7.29. The molecule has 0 saturated carbocycles. The number of hydrogen-bond donors (Lipinski definition) is 1. The van der Waals surface area contributed by atoms with Gasteiger partial charge in [0.25, 0.3) is 5.67 Å². The van der Waals surface area contributed by atoms with Crippen molar-refractivity contribution in [2.24, 2.45) is 5.73 Å². The van der Waals surface area contributed by atoms with Gasteiger partial charge in [0.2, 0.25) is 0 Å². The van der Waals surface area contributed by atoms with Crippen LogP contribution in [0.1, 0.15) is 11.3 Å². The van der Waals surface area contributed by atoms with Gasteiger partial charge in [-0.3, -0.25) is 10.7 Å². The lowest BCUT2D eigenvalue weighted by molar-refractivity contribution is 1.13. The second-order valence-corrected chi connectivity index (χ2v) is 5.17. The van der Waals surface area contributed by atoms with E-state index < -0.39 is 0 Å². The normalized spacial score (nSPS) is 9.80. The van der Waals surface area contributed by atoms with Crippen LogP contribution in [0.2, 0.25) is 0 Å². The van der Waals surface area contributed by atoms with Gasteiger partial charge in [-0.15, -0.1) is 0 Å². The second-order valence-electron chi connectivity index (χ2n) is 3.98. The van der Waals surface area contributed by atoms with Gasteiger partial charge in [0.15, 0.2) is 0 Å². The number of aromatic nitrogens is 1. The van der Waals surface area contributed by atoms with Crippen LogP contribution in [0.5, 0.6) is 0 Å². The van der Waals surface area contributed by atoms with Crippen LogP contribution < -0.4 is 10.4 Å². The molecule has 0 bridgehead atoms. The van der Waals surface area contributed by atoms with E-state index in [0.717, 1.165) is 27.8 Å². The van der Waals surface area contributed by atoms with Crippen molar-refractivity contribution in [3.05, 3.63) is 41.6 Å². The first kappa shape index (κ1) is 14.4. The van der Waals surface area contributed by atoms with Gasteiger partial charge >= 0.3 is 5.17 Å². The molecule has 0 amide bonds. The van der Waals surface area contributed by atoms with E-state index in [0.29, 0.717) is 17.3 Å². The average molecular weight is 304 g/mol. The number of benzene rings is 1. The summed E-state index contributed by atoms with van der Waals surface area (Å²) in [4.78, 5) is 4.47. The molecule has 1 aromatic carbocycles. The number of thioether (sulfide) groups is 1. The van der Waals surface area contributed by atoms with Gasteiger partial charge < -0.3 is 0 Å². The third-order valence-corrected chi connectivity index (χ3v) is 3.62. The Morgan fingerprint density at radius 1 is 1.50 bits per heavy atom. The molecule has 1 heterocycles. The minimum Gasteiger partial charge on any atom is -0.267 e. The molecular formula is C14H12ClN4S+. The number of hydrogen-bond acceptors (Lipinski definition) is 3. The highest BCUT2D eigenvalue weighted by atomic mass is 35.5. The molecular weight excluding hydrogens is 292 g/mol. The Morgan fingerprint density at radius 2 is 2.30 bits per heavy atom. The number of nitriles is 1. The third-order valence-electron chi connectivity index (χ3n) is 2.67. The summed E-state index contributed by atoms with van der Waals surface area (Å²) in [5, 5.41) is 10.3. The maximum absolute atomic E-state index is 8.82. The van der Waals surface area contributed by atoms with E-state index in [1.165, 1.54) is 11.8 Å². The average Bonchev–Trinajstić information content (AvgIpc) is 2.45. The van der Waals surface area contributed by atoms with Crippen molar-refractivity contribution in [3.63, 3.8) is 0 Å². The fraction of sp³-hybridized carbons (Fsp3) is 0.143. The molecule has 100 valence electrons. The van der Waals surface area contributed by atoms with E-state index in [2.05, 4.69) is 15.7 Å². The van der Waals surface area contributed by atoms with E-state index >= 15 is 0 Å². The highest BCUT2D eigenvalue weighted by molar-refractivity contribution is 8.13. The van der Waals surface area contributed by atoms with Crippen LogP contribution >= 0.6 is 23.4 Å². The summed E-state index contributed by atoms with van der Waals surface area (Å²) in [5.41, 5.74) is 9.58. The monoisotopic (exact) mass is 303 g/mol. The Bertz CT molecular complexity index is 730. The molecule has 0 saturated heterocycles. The molecule has 0 radical (unpaired) electrons. The van der Waals surface area contributed by atoms with Crippen molar-refractivity contribution >= 4 is 45.1 Å². The van der Waals surface area contributed by atoms with Gasteiger partial charge in [-0.1, -0.05) is 18.2 Å². The van der Waals surface area contributed by atoms with Gasteiger partial charge in [0.1, 0.15) is 0 Å². The van der Waals surface area contributed by atoms with Crippen molar-refractivity contribution in [1.82, 2.24) is 9.65 Å². The first-order chi connectivity index (χ1) is 9.74. The van der Waals surface area contributed by atoms with E-state index in [1.807, 2.05) is 30.3 Å². The summed E-state index contributed by atoms with van der Waals surface area (Å²) in [7, 11) is 0. The number of nitrogens with two attached hydrogens (primary N) is 1. The van der Waals surface area contributed by atoms with Crippen molar-refractivity contribution in [2.45, 2.75) is 12.2 Å². The standard InChI is InChI=1S/C14H11ClN4S/c15-9-18-14(17)20-8-10-7-11(5-6-16)19-13-4-2-1-3-12(10)13/h1-4,7,9,17H,5,8H2/p+1. The molecule has 0 aliphatic carbocycles. The van der Waals surface area contributed by atoms with Gasteiger partial charge in [-0.2, -0.15) is 9.93 Å². The van der Waals surface area contributed by atoms with Gasteiger partial charge in [0, 0.05) is 11.1 Å². The highest BCUT2D eigenvalue weighted by Crippen LogP contribution is 2.22. The molecule has 6 heteroatoms. The number of para-hydroxylation sites is 1. The van der Waals surface area contributed by atoms with Crippen LogP contribution in [0, 0.1) is 11.3 Å². The van der Waals surface area contributed by atoms with Gasteiger partial charge in [0.05, 0.1) is 23.7 Å². The highest BCUT2D eigenvalue weighted by Gasteiger charge is 2.09. The molecule has 2 aromatic rings. The van der Waals surface area contributed by atoms with Gasteiger partial charge in [-0.25, -0.2) is 0 Å². The molecule has 0 atom stereocenters. The maximum atomic E-state index is 8.82. The smallest absolute Gasteiger partial charge is 0.267 e. The van der Waals surface area contributed by atoms with Crippen molar-refractivity contribution < 1.29 is 0 Å². The number of nitrogens with zero attached hydrogens (tertiary/aromatic N) is 3. The van der Waals surface area contributed by atoms with Crippen LogP contribution in [0.15, 0.2) is 30.3 Å². The second kappa shape index (κ2) is 6.97. The number of fused-ring (bicyclic) bond motifs is 1. The molecule has 0 spiro atoms. The Balaban J connectivity index is 2.39. The Morgan fingerprint density at radius 3 is 3.05 bits per heavy atom. The van der Waals surface area contributed by atoms with Crippen LogP contribution in [-0.4, -0.2) is 15.8 Å². The molecule has 0 fully saturated rings. The topological polar surface area (TPSA) is 76.8 Å². The van der Waals surface area contributed by atoms with E-state index in [4.69, 9.17) is 22.6 Å². The Kier molecular flexibility index (Phi) is 5.03. The lowest BCUT2D eigenvalue weighted by Gasteiger charge is -2.06. The Labute approximate surface area is 126 Å². The number of rotatable bonds is 3. The quantitative estimate of drug-likeness (QED) is 0.535. The lowest BCUT2D eigenvalue weighted by Crippen LogP contribution is -2.10. The number of amidine groups is 1.